The summed E-state index contributed by atoms with van der Waals surface area (Å²) < 4.78 is 0. The summed E-state index contributed by atoms with van der Waals surface area (Å²) in [4.78, 5) is 27.0. The van der Waals surface area contributed by atoms with E-state index in [0.717, 1.165) is 60.7 Å². The predicted molar refractivity (Wildman–Crippen MR) is 144 cm³/mol. The Hall–Kier alpha value is -2.90. The lowest BCUT2D eigenvalue weighted by Crippen LogP contribution is -2.53. The van der Waals surface area contributed by atoms with Crippen molar-refractivity contribution < 1.29 is 4.79 Å². The smallest absolute Gasteiger partial charge is 0.246 e. The number of benzene rings is 1. The Balaban J connectivity index is 1.11. The van der Waals surface area contributed by atoms with E-state index in [4.69, 9.17) is 16.6 Å². The van der Waals surface area contributed by atoms with Crippen LogP contribution in [-0.2, 0) is 4.79 Å². The fraction of sp³-hybridized carbons (Fsp3) is 0.464. The molecule has 0 spiro atoms. The molecule has 6 rings (SSSR count). The van der Waals surface area contributed by atoms with Gasteiger partial charge < -0.3 is 20.5 Å². The number of piperidine rings is 1. The molecule has 2 bridgehead atoms. The summed E-state index contributed by atoms with van der Waals surface area (Å²) >= 11 is 6.52. The molecule has 2 aromatic heterocycles. The monoisotopic (exact) mass is 504 g/mol. The first kappa shape index (κ1) is 23.5. The molecule has 0 radical (unpaired) electrons. The van der Waals surface area contributed by atoms with Gasteiger partial charge in [0.05, 0.1) is 16.9 Å². The average Bonchev–Trinajstić information content (AvgIpc) is 3.43. The molecule has 7 nitrogen and oxygen atoms in total. The van der Waals surface area contributed by atoms with Crippen LogP contribution < -0.4 is 10.6 Å². The number of amides is 1. The lowest BCUT2D eigenvalue weighted by atomic mass is 9.88. The van der Waals surface area contributed by atoms with Gasteiger partial charge in [0.2, 0.25) is 11.9 Å². The molecule has 3 aliphatic rings. The summed E-state index contributed by atoms with van der Waals surface area (Å²) in [7, 11) is 0. The first-order chi connectivity index (χ1) is 17.6. The number of anilines is 1. The number of para-hydroxylation sites is 1. The van der Waals surface area contributed by atoms with Crippen LogP contribution in [0, 0.1) is 0 Å². The van der Waals surface area contributed by atoms with Crippen molar-refractivity contribution in [2.75, 3.05) is 5.32 Å². The number of hydrogen-bond donors (Lipinski definition) is 3. The van der Waals surface area contributed by atoms with Crippen LogP contribution in [0.5, 0.6) is 0 Å². The van der Waals surface area contributed by atoms with Gasteiger partial charge in [-0.25, -0.2) is 9.97 Å². The summed E-state index contributed by atoms with van der Waals surface area (Å²) in [5, 5.41) is 9.18. The van der Waals surface area contributed by atoms with Gasteiger partial charge in [0.15, 0.2) is 0 Å². The Kier molecular flexibility index (Phi) is 6.44. The van der Waals surface area contributed by atoms with Gasteiger partial charge in [-0.2, -0.15) is 0 Å². The van der Waals surface area contributed by atoms with E-state index in [0.29, 0.717) is 41.2 Å². The summed E-state index contributed by atoms with van der Waals surface area (Å²) in [6.45, 7) is 3.69. The second kappa shape index (κ2) is 9.87. The zero-order chi connectivity index (χ0) is 24.6. The second-order valence-corrected chi connectivity index (χ2v) is 10.9. The Bertz CT molecular complexity index is 1260. The van der Waals surface area contributed by atoms with Gasteiger partial charge in [0.25, 0.3) is 0 Å². The van der Waals surface area contributed by atoms with Crippen molar-refractivity contribution in [3.63, 3.8) is 0 Å². The molecule has 188 valence electrons. The van der Waals surface area contributed by atoms with Crippen LogP contribution in [0.1, 0.15) is 51.4 Å². The largest absolute Gasteiger partial charge is 0.360 e. The highest BCUT2D eigenvalue weighted by Crippen LogP contribution is 2.37. The van der Waals surface area contributed by atoms with Gasteiger partial charge in [0, 0.05) is 52.9 Å². The Labute approximate surface area is 216 Å². The first-order valence-electron chi connectivity index (χ1n) is 13.2. The summed E-state index contributed by atoms with van der Waals surface area (Å²) in [6.07, 6.45) is 13.9. The normalized spacial score (nSPS) is 27.8. The van der Waals surface area contributed by atoms with Gasteiger partial charge in [-0.3, -0.25) is 4.79 Å². The maximum Gasteiger partial charge on any atom is 0.246 e. The minimum absolute atomic E-state index is 0.0952. The van der Waals surface area contributed by atoms with Gasteiger partial charge >= 0.3 is 0 Å². The lowest BCUT2D eigenvalue weighted by Gasteiger charge is -2.41. The number of aromatic amines is 1. The Morgan fingerprint density at radius 2 is 1.86 bits per heavy atom. The molecule has 1 aliphatic carbocycles. The standard InChI is InChI=1S/C28H33ClN6O/c1-2-26(36)35-20-10-11-21(35)14-19(13-20)32-17-6-5-7-18(12-17)33-28-31-16-24(29)27(34-28)23-15-30-25-9-4-3-8-22(23)25/h2-4,8-9,15-21,30,32H,1,5-7,10-14H2,(H,31,33,34)/t17-,18+,19?,20-,21+/m0/s1. The molecular weight excluding hydrogens is 472 g/mol. The Morgan fingerprint density at radius 3 is 2.67 bits per heavy atom. The van der Waals surface area contributed by atoms with E-state index >= 15 is 0 Å². The summed E-state index contributed by atoms with van der Waals surface area (Å²) in [6, 6.07) is 10.1. The van der Waals surface area contributed by atoms with E-state index in [9.17, 15) is 4.79 Å². The molecule has 8 heteroatoms. The molecule has 36 heavy (non-hydrogen) atoms. The maximum atomic E-state index is 12.3. The molecule has 2 saturated heterocycles. The lowest BCUT2D eigenvalue weighted by molar-refractivity contribution is -0.130. The summed E-state index contributed by atoms with van der Waals surface area (Å²) in [5.74, 6) is 0.720. The van der Waals surface area contributed by atoms with E-state index < -0.39 is 0 Å². The summed E-state index contributed by atoms with van der Waals surface area (Å²) in [5.41, 5.74) is 2.79. The third-order valence-corrected chi connectivity index (χ3v) is 8.51. The number of hydrogen-bond acceptors (Lipinski definition) is 5. The fourth-order valence-corrected chi connectivity index (χ4v) is 6.85. The molecule has 5 atom stereocenters. The molecular formula is C28H33ClN6O. The predicted octanol–water partition coefficient (Wildman–Crippen LogP) is 5.30. The third-order valence-electron chi connectivity index (χ3n) is 8.23. The van der Waals surface area contributed by atoms with Crippen molar-refractivity contribution in [3.8, 4) is 11.3 Å². The minimum atomic E-state index is 0.0952. The number of carbonyl (C=O) groups is 1. The number of nitrogens with zero attached hydrogens (tertiary/aromatic N) is 3. The molecule has 3 N–H and O–H groups in total. The number of fused-ring (bicyclic) bond motifs is 3. The second-order valence-electron chi connectivity index (χ2n) is 10.5. The van der Waals surface area contributed by atoms with Crippen LogP contribution in [0.15, 0.2) is 49.3 Å². The van der Waals surface area contributed by atoms with Crippen LogP contribution in [0.25, 0.3) is 22.2 Å². The molecule has 1 aromatic carbocycles. The number of rotatable bonds is 6. The molecule has 3 fully saturated rings. The van der Waals surface area contributed by atoms with Gasteiger partial charge in [-0.15, -0.1) is 0 Å². The highest BCUT2D eigenvalue weighted by atomic mass is 35.5. The zero-order valence-corrected chi connectivity index (χ0v) is 21.2. The highest BCUT2D eigenvalue weighted by Gasteiger charge is 2.43. The van der Waals surface area contributed by atoms with Crippen molar-refractivity contribution in [2.24, 2.45) is 0 Å². The molecule has 1 amide bonds. The highest BCUT2D eigenvalue weighted by molar-refractivity contribution is 6.33. The molecule has 2 aliphatic heterocycles. The van der Waals surface area contributed by atoms with Crippen molar-refractivity contribution in [3.05, 3.63) is 54.3 Å². The van der Waals surface area contributed by atoms with Crippen LogP contribution in [0.2, 0.25) is 5.02 Å². The number of nitrogens with one attached hydrogen (secondary N) is 3. The molecule has 1 unspecified atom stereocenters. The van der Waals surface area contributed by atoms with Crippen LogP contribution in [0.3, 0.4) is 0 Å². The maximum absolute atomic E-state index is 12.3. The van der Waals surface area contributed by atoms with Crippen molar-refractivity contribution in [2.45, 2.75) is 81.6 Å². The quantitative estimate of drug-likeness (QED) is 0.397. The van der Waals surface area contributed by atoms with E-state index in [1.165, 1.54) is 18.9 Å². The first-order valence-corrected chi connectivity index (χ1v) is 13.5. The zero-order valence-electron chi connectivity index (χ0n) is 20.4. The topological polar surface area (TPSA) is 85.9 Å². The fourth-order valence-electron chi connectivity index (χ4n) is 6.66. The van der Waals surface area contributed by atoms with Gasteiger partial charge in [-0.1, -0.05) is 36.4 Å². The van der Waals surface area contributed by atoms with Crippen LogP contribution >= 0.6 is 11.6 Å². The number of H-pyrrole nitrogens is 1. The average molecular weight is 505 g/mol. The minimum Gasteiger partial charge on any atom is -0.360 e. The number of carbonyl (C=O) groups excluding carboxylic acids is 1. The SMILES string of the molecule is C=CC(=O)N1[C@@H]2CC[C@H]1CC(N[C@H]1CCC[C@@H](Nc3ncc(Cl)c(-c4c[nH]c5ccccc45)n3)C1)C2. The van der Waals surface area contributed by atoms with Crippen molar-refractivity contribution in [1.82, 2.24) is 25.2 Å². The number of halogens is 1. The Morgan fingerprint density at radius 1 is 1.08 bits per heavy atom. The van der Waals surface area contributed by atoms with E-state index in [-0.39, 0.29) is 5.91 Å². The van der Waals surface area contributed by atoms with E-state index in [1.54, 1.807) is 6.20 Å². The number of aromatic nitrogens is 3. The van der Waals surface area contributed by atoms with E-state index in [1.807, 2.05) is 18.3 Å². The van der Waals surface area contributed by atoms with Crippen LogP contribution in [-0.4, -0.2) is 56.0 Å². The molecule has 1 saturated carbocycles. The molecule has 4 heterocycles. The van der Waals surface area contributed by atoms with Gasteiger partial charge in [0.1, 0.15) is 0 Å². The third kappa shape index (κ3) is 4.50. The van der Waals surface area contributed by atoms with Crippen molar-refractivity contribution in [1.29, 1.82) is 0 Å². The van der Waals surface area contributed by atoms with E-state index in [2.05, 4.69) is 44.2 Å². The molecule has 3 aromatic rings. The van der Waals surface area contributed by atoms with Crippen molar-refractivity contribution >= 4 is 34.4 Å². The van der Waals surface area contributed by atoms with Crippen LogP contribution in [0.4, 0.5) is 5.95 Å². The van der Waals surface area contributed by atoms with Gasteiger partial charge in [-0.05, 0) is 63.5 Å².